The van der Waals surface area contributed by atoms with Crippen molar-refractivity contribution in [2.45, 2.75) is 38.6 Å². The van der Waals surface area contributed by atoms with Gasteiger partial charge in [0, 0.05) is 12.0 Å². The predicted octanol–water partition coefficient (Wildman–Crippen LogP) is 3.04. The molecule has 0 radical (unpaired) electrons. The molecule has 0 unspecified atom stereocenters. The van der Waals surface area contributed by atoms with Crippen LogP contribution in [0.15, 0.2) is 24.3 Å². The summed E-state index contributed by atoms with van der Waals surface area (Å²) in [4.78, 5) is 11.7. The van der Waals surface area contributed by atoms with Gasteiger partial charge in [-0.05, 0) is 32.4 Å². The maximum Gasteiger partial charge on any atom is 0.573 e. The quantitative estimate of drug-likeness (QED) is 0.876. The van der Waals surface area contributed by atoms with Crippen molar-refractivity contribution in [3.05, 3.63) is 24.3 Å². The minimum absolute atomic E-state index is 0.0235. The molecular weight excluding hydrogens is 273 g/mol. The number of hydrogen-bond donors (Lipinski definition) is 2. The third-order valence-corrected chi connectivity index (χ3v) is 2.38. The van der Waals surface area contributed by atoms with Crippen LogP contribution in [-0.4, -0.2) is 17.8 Å². The number of alkyl halides is 3. The molecule has 3 N–H and O–H groups in total. The van der Waals surface area contributed by atoms with Crippen LogP contribution in [0.2, 0.25) is 0 Å². The van der Waals surface area contributed by atoms with Crippen LogP contribution in [-0.2, 0) is 4.79 Å². The number of ether oxygens (including phenoxy) is 1. The van der Waals surface area contributed by atoms with Crippen molar-refractivity contribution < 1.29 is 22.7 Å². The highest BCUT2D eigenvalue weighted by Crippen LogP contribution is 2.30. The molecule has 0 aliphatic heterocycles. The standard InChI is InChI=1S/C13H17F3N2O2/c1-12(2,17)8-7-11(19)18-9-5-3-4-6-10(9)20-13(14,15)16/h3-6H,7-8,17H2,1-2H3,(H,18,19). The van der Waals surface area contributed by atoms with Crippen molar-refractivity contribution >= 4 is 11.6 Å². The minimum atomic E-state index is -4.81. The minimum Gasteiger partial charge on any atom is -0.404 e. The summed E-state index contributed by atoms with van der Waals surface area (Å²) in [6, 6.07) is 5.37. The van der Waals surface area contributed by atoms with Gasteiger partial charge in [-0.15, -0.1) is 13.2 Å². The van der Waals surface area contributed by atoms with E-state index in [1.807, 2.05) is 0 Å². The molecule has 0 aliphatic carbocycles. The summed E-state index contributed by atoms with van der Waals surface area (Å²) in [5, 5.41) is 2.39. The van der Waals surface area contributed by atoms with Gasteiger partial charge in [-0.3, -0.25) is 4.79 Å². The number of hydrogen-bond acceptors (Lipinski definition) is 3. The van der Waals surface area contributed by atoms with Gasteiger partial charge >= 0.3 is 6.36 Å². The van der Waals surface area contributed by atoms with Gasteiger partial charge in [-0.1, -0.05) is 12.1 Å². The molecule has 0 aliphatic rings. The molecule has 1 rings (SSSR count). The smallest absolute Gasteiger partial charge is 0.404 e. The van der Waals surface area contributed by atoms with Crippen LogP contribution >= 0.6 is 0 Å². The largest absolute Gasteiger partial charge is 0.573 e. The number of halogens is 3. The first-order valence-electron chi connectivity index (χ1n) is 6.00. The number of nitrogens with one attached hydrogen (secondary N) is 1. The second-order valence-electron chi connectivity index (χ2n) is 5.08. The monoisotopic (exact) mass is 290 g/mol. The number of anilines is 1. The number of rotatable bonds is 5. The molecule has 0 fully saturated rings. The van der Waals surface area contributed by atoms with Crippen molar-refractivity contribution in [3.8, 4) is 5.75 Å². The summed E-state index contributed by atoms with van der Waals surface area (Å²) in [7, 11) is 0. The summed E-state index contributed by atoms with van der Waals surface area (Å²) in [6.07, 6.45) is -4.27. The highest BCUT2D eigenvalue weighted by atomic mass is 19.4. The molecule has 0 spiro atoms. The predicted molar refractivity (Wildman–Crippen MR) is 69.3 cm³/mol. The van der Waals surface area contributed by atoms with Crippen LogP contribution in [0, 0.1) is 0 Å². The molecule has 0 saturated carbocycles. The summed E-state index contributed by atoms with van der Waals surface area (Å²) in [5.41, 5.74) is 5.20. The van der Waals surface area contributed by atoms with Gasteiger partial charge in [0.1, 0.15) is 0 Å². The van der Waals surface area contributed by atoms with Crippen molar-refractivity contribution in [2.24, 2.45) is 5.73 Å². The van der Waals surface area contributed by atoms with Crippen molar-refractivity contribution in [1.29, 1.82) is 0 Å². The van der Waals surface area contributed by atoms with E-state index in [1.54, 1.807) is 13.8 Å². The summed E-state index contributed by atoms with van der Waals surface area (Å²) < 4.78 is 40.5. The van der Waals surface area contributed by atoms with Crippen molar-refractivity contribution in [3.63, 3.8) is 0 Å². The molecule has 4 nitrogen and oxygen atoms in total. The normalized spacial score (nSPS) is 12.1. The Morgan fingerprint density at radius 2 is 1.90 bits per heavy atom. The molecule has 1 amide bonds. The van der Waals surface area contributed by atoms with E-state index in [2.05, 4.69) is 10.1 Å². The fourth-order valence-corrected chi connectivity index (χ4v) is 1.43. The lowest BCUT2D eigenvalue weighted by Gasteiger charge is -2.18. The van der Waals surface area contributed by atoms with Gasteiger partial charge in [0.05, 0.1) is 5.69 Å². The van der Waals surface area contributed by atoms with E-state index in [0.29, 0.717) is 6.42 Å². The first-order chi connectivity index (χ1) is 9.07. The number of carbonyl (C=O) groups excluding carboxylic acids is 1. The fourth-order valence-electron chi connectivity index (χ4n) is 1.43. The van der Waals surface area contributed by atoms with E-state index < -0.39 is 23.6 Å². The van der Waals surface area contributed by atoms with Gasteiger partial charge in [0.2, 0.25) is 5.91 Å². The van der Waals surface area contributed by atoms with E-state index in [-0.39, 0.29) is 12.1 Å². The van der Waals surface area contributed by atoms with Gasteiger partial charge in [-0.2, -0.15) is 0 Å². The van der Waals surface area contributed by atoms with E-state index in [9.17, 15) is 18.0 Å². The van der Waals surface area contributed by atoms with Crippen LogP contribution in [0.5, 0.6) is 5.75 Å². The Balaban J connectivity index is 2.70. The molecular formula is C13H17F3N2O2. The Bertz CT molecular complexity index is 467. The van der Waals surface area contributed by atoms with Gasteiger partial charge in [0.15, 0.2) is 5.75 Å². The Morgan fingerprint density at radius 3 is 2.45 bits per heavy atom. The summed E-state index contributed by atoms with van der Waals surface area (Å²) in [6.45, 7) is 3.53. The lowest BCUT2D eigenvalue weighted by Crippen LogP contribution is -2.33. The van der Waals surface area contributed by atoms with E-state index >= 15 is 0 Å². The average Bonchev–Trinajstić information content (AvgIpc) is 2.26. The number of nitrogens with two attached hydrogens (primary N) is 1. The van der Waals surface area contributed by atoms with E-state index in [1.165, 1.54) is 18.2 Å². The molecule has 0 bridgehead atoms. The molecule has 20 heavy (non-hydrogen) atoms. The number of amides is 1. The SMILES string of the molecule is CC(C)(N)CCC(=O)Nc1ccccc1OC(F)(F)F. The number of carbonyl (C=O) groups is 1. The Kier molecular flexibility index (Phi) is 4.99. The van der Waals surface area contributed by atoms with E-state index in [4.69, 9.17) is 5.73 Å². The first-order valence-corrected chi connectivity index (χ1v) is 6.00. The molecule has 0 saturated heterocycles. The third-order valence-electron chi connectivity index (χ3n) is 2.38. The highest BCUT2D eigenvalue weighted by molar-refractivity contribution is 5.92. The molecule has 0 heterocycles. The molecule has 7 heteroatoms. The molecule has 1 aromatic rings. The van der Waals surface area contributed by atoms with Crippen LogP contribution in [0.25, 0.3) is 0 Å². The first kappa shape index (κ1) is 16.3. The molecule has 1 aromatic carbocycles. The Morgan fingerprint density at radius 1 is 1.30 bits per heavy atom. The third kappa shape index (κ3) is 6.42. The molecule has 112 valence electrons. The Hall–Kier alpha value is -1.76. The lowest BCUT2D eigenvalue weighted by atomic mass is 10.00. The van der Waals surface area contributed by atoms with Crippen LogP contribution in [0.3, 0.4) is 0 Å². The maximum absolute atomic E-state index is 12.2. The lowest BCUT2D eigenvalue weighted by molar-refractivity contribution is -0.274. The van der Waals surface area contributed by atoms with Gasteiger partial charge in [-0.25, -0.2) is 0 Å². The summed E-state index contributed by atoms with van der Waals surface area (Å²) >= 11 is 0. The van der Waals surface area contributed by atoms with Gasteiger partial charge < -0.3 is 15.8 Å². The van der Waals surface area contributed by atoms with Crippen molar-refractivity contribution in [2.75, 3.05) is 5.32 Å². The zero-order chi connectivity index (χ0) is 15.4. The highest BCUT2D eigenvalue weighted by Gasteiger charge is 2.32. The van der Waals surface area contributed by atoms with Crippen molar-refractivity contribution in [1.82, 2.24) is 0 Å². The van der Waals surface area contributed by atoms with Crippen LogP contribution in [0.1, 0.15) is 26.7 Å². The second kappa shape index (κ2) is 6.13. The maximum atomic E-state index is 12.2. The number of para-hydroxylation sites is 2. The molecule has 0 atom stereocenters. The zero-order valence-electron chi connectivity index (χ0n) is 11.3. The zero-order valence-corrected chi connectivity index (χ0v) is 11.3. The number of benzene rings is 1. The second-order valence-corrected chi connectivity index (χ2v) is 5.08. The average molecular weight is 290 g/mol. The van der Waals surface area contributed by atoms with E-state index in [0.717, 1.165) is 6.07 Å². The topological polar surface area (TPSA) is 64.4 Å². The fraction of sp³-hybridized carbons (Fsp3) is 0.462. The molecule has 0 aromatic heterocycles. The summed E-state index contributed by atoms with van der Waals surface area (Å²) in [5.74, 6) is -0.859. The van der Waals surface area contributed by atoms with Crippen LogP contribution in [0.4, 0.5) is 18.9 Å². The Labute approximate surface area is 115 Å². The van der Waals surface area contributed by atoms with Crippen LogP contribution < -0.4 is 15.8 Å². The van der Waals surface area contributed by atoms with Gasteiger partial charge in [0.25, 0.3) is 0 Å².